The summed E-state index contributed by atoms with van der Waals surface area (Å²) in [6, 6.07) is -0.0378. The second-order valence-corrected chi connectivity index (χ2v) is 5.99. The van der Waals surface area contributed by atoms with Crippen molar-refractivity contribution in [2.24, 2.45) is 17.6 Å². The van der Waals surface area contributed by atoms with Gasteiger partial charge in [-0.25, -0.2) is 0 Å². The molecule has 1 rings (SSSR count). The number of likely N-dealkylation sites (tertiary alicyclic amines) is 1. The Labute approximate surface area is 120 Å². The van der Waals surface area contributed by atoms with Gasteiger partial charge in [-0.3, -0.25) is 14.5 Å². The topological polar surface area (TPSA) is 95.7 Å². The lowest BCUT2D eigenvalue weighted by molar-refractivity contribution is -0.125. The van der Waals surface area contributed by atoms with Crippen molar-refractivity contribution in [2.45, 2.75) is 45.8 Å². The molecule has 0 aliphatic carbocycles. The first kappa shape index (κ1) is 16.9. The van der Waals surface area contributed by atoms with E-state index in [0.29, 0.717) is 19.5 Å². The zero-order chi connectivity index (χ0) is 15.3. The van der Waals surface area contributed by atoms with Crippen LogP contribution in [0.1, 0.15) is 33.6 Å². The normalized spacial score (nSPS) is 25.4. The van der Waals surface area contributed by atoms with E-state index in [4.69, 9.17) is 5.73 Å². The van der Waals surface area contributed by atoms with Crippen LogP contribution < -0.4 is 11.1 Å². The summed E-state index contributed by atoms with van der Waals surface area (Å²) in [5.74, 6) is -0.395. The molecule has 116 valence electrons. The fraction of sp³-hybridized carbons (Fsp3) is 0.857. The smallest absolute Gasteiger partial charge is 0.231 e. The van der Waals surface area contributed by atoms with E-state index in [-0.39, 0.29) is 36.2 Å². The van der Waals surface area contributed by atoms with Crippen LogP contribution in [-0.4, -0.2) is 53.6 Å². The Kier molecular flexibility index (Phi) is 6.42. The Hall–Kier alpha value is -1.14. The largest absolute Gasteiger partial charge is 0.393 e. The summed E-state index contributed by atoms with van der Waals surface area (Å²) in [5, 5.41) is 13.0. The molecule has 20 heavy (non-hydrogen) atoms. The van der Waals surface area contributed by atoms with Gasteiger partial charge < -0.3 is 16.2 Å². The van der Waals surface area contributed by atoms with Crippen molar-refractivity contribution >= 4 is 11.8 Å². The number of aliphatic hydroxyl groups is 1. The van der Waals surface area contributed by atoms with Gasteiger partial charge in [0.15, 0.2) is 0 Å². The van der Waals surface area contributed by atoms with Gasteiger partial charge >= 0.3 is 0 Å². The molecule has 0 aromatic rings. The highest BCUT2D eigenvalue weighted by atomic mass is 16.3. The first-order valence-corrected chi connectivity index (χ1v) is 7.32. The van der Waals surface area contributed by atoms with Gasteiger partial charge in [-0.15, -0.1) is 0 Å². The predicted molar refractivity (Wildman–Crippen MR) is 76.8 cm³/mol. The van der Waals surface area contributed by atoms with Crippen molar-refractivity contribution < 1.29 is 14.7 Å². The van der Waals surface area contributed by atoms with Crippen molar-refractivity contribution in [2.75, 3.05) is 19.6 Å². The summed E-state index contributed by atoms with van der Waals surface area (Å²) in [6.45, 7) is 7.04. The van der Waals surface area contributed by atoms with Gasteiger partial charge in [-0.2, -0.15) is 0 Å². The molecule has 0 aromatic carbocycles. The molecule has 3 atom stereocenters. The molecule has 0 bridgehead atoms. The maximum atomic E-state index is 11.8. The number of carbonyl (C=O) groups is 2. The van der Waals surface area contributed by atoms with Crippen molar-refractivity contribution in [1.82, 2.24) is 10.2 Å². The lowest BCUT2D eigenvalue weighted by atomic mass is 9.88. The molecule has 3 unspecified atom stereocenters. The average Bonchev–Trinajstić information content (AvgIpc) is 2.36. The molecule has 6 heteroatoms. The molecule has 4 N–H and O–H groups in total. The highest BCUT2D eigenvalue weighted by molar-refractivity contribution is 5.78. The first-order valence-electron chi connectivity index (χ1n) is 7.32. The second kappa shape index (κ2) is 7.59. The summed E-state index contributed by atoms with van der Waals surface area (Å²) in [4.78, 5) is 24.8. The Balaban J connectivity index is 2.68. The Morgan fingerprint density at radius 2 is 2.05 bits per heavy atom. The SMILES string of the molecule is CCC(O)C1CC(NC(=O)C(C)C)CN(CC(N)=O)C1. The molecule has 0 saturated carbocycles. The lowest BCUT2D eigenvalue weighted by Crippen LogP contribution is -2.55. The molecule has 0 radical (unpaired) electrons. The van der Waals surface area contributed by atoms with Gasteiger partial charge in [-0.05, 0) is 18.8 Å². The van der Waals surface area contributed by atoms with Crippen LogP contribution in [0.5, 0.6) is 0 Å². The number of amides is 2. The zero-order valence-corrected chi connectivity index (χ0v) is 12.6. The van der Waals surface area contributed by atoms with Gasteiger partial charge in [-0.1, -0.05) is 20.8 Å². The predicted octanol–water partition coefficient (Wildman–Crippen LogP) is -0.295. The van der Waals surface area contributed by atoms with Gasteiger partial charge in [0.1, 0.15) is 0 Å². The fourth-order valence-electron chi connectivity index (χ4n) is 2.67. The third-order valence-electron chi connectivity index (χ3n) is 3.77. The van der Waals surface area contributed by atoms with Gasteiger partial charge in [0.2, 0.25) is 11.8 Å². The van der Waals surface area contributed by atoms with Crippen molar-refractivity contribution in [3.63, 3.8) is 0 Å². The highest BCUT2D eigenvalue weighted by Crippen LogP contribution is 2.22. The third kappa shape index (κ3) is 5.09. The molecule has 6 nitrogen and oxygen atoms in total. The average molecular weight is 285 g/mol. The number of primary amides is 1. The Bertz CT molecular complexity index is 347. The van der Waals surface area contributed by atoms with Gasteiger partial charge in [0.05, 0.1) is 12.6 Å². The van der Waals surface area contributed by atoms with Crippen LogP contribution in [0.4, 0.5) is 0 Å². The quantitative estimate of drug-likeness (QED) is 0.624. The molecule has 1 aliphatic rings. The number of nitrogens with one attached hydrogen (secondary N) is 1. The number of piperidine rings is 1. The zero-order valence-electron chi connectivity index (χ0n) is 12.6. The highest BCUT2D eigenvalue weighted by Gasteiger charge is 2.32. The number of hydrogen-bond donors (Lipinski definition) is 3. The summed E-state index contributed by atoms with van der Waals surface area (Å²) in [6.07, 6.45) is 0.993. The second-order valence-electron chi connectivity index (χ2n) is 5.99. The Morgan fingerprint density at radius 3 is 2.55 bits per heavy atom. The number of carbonyl (C=O) groups excluding carboxylic acids is 2. The van der Waals surface area contributed by atoms with Crippen molar-refractivity contribution in [1.29, 1.82) is 0 Å². The maximum Gasteiger partial charge on any atom is 0.231 e. The van der Waals surface area contributed by atoms with Crippen LogP contribution in [0.15, 0.2) is 0 Å². The Morgan fingerprint density at radius 1 is 1.40 bits per heavy atom. The van der Waals surface area contributed by atoms with E-state index in [0.717, 1.165) is 6.42 Å². The van der Waals surface area contributed by atoms with Crippen LogP contribution in [0.25, 0.3) is 0 Å². The molecule has 0 aromatic heterocycles. The molecule has 1 fully saturated rings. The minimum atomic E-state index is -0.413. The van der Waals surface area contributed by atoms with E-state index in [1.807, 2.05) is 25.7 Å². The van der Waals surface area contributed by atoms with Gasteiger partial charge in [0, 0.05) is 25.0 Å². The molecule has 2 amide bonds. The molecular weight excluding hydrogens is 258 g/mol. The molecule has 0 spiro atoms. The molecule has 1 saturated heterocycles. The van der Waals surface area contributed by atoms with Gasteiger partial charge in [0.25, 0.3) is 0 Å². The summed E-state index contributed by atoms with van der Waals surface area (Å²) < 4.78 is 0. The summed E-state index contributed by atoms with van der Waals surface area (Å²) in [5.41, 5.74) is 5.24. The molecule has 1 aliphatic heterocycles. The maximum absolute atomic E-state index is 11.8. The van der Waals surface area contributed by atoms with Crippen LogP contribution in [0, 0.1) is 11.8 Å². The monoisotopic (exact) mass is 285 g/mol. The van der Waals surface area contributed by atoms with Crippen LogP contribution in [0.2, 0.25) is 0 Å². The number of nitrogens with two attached hydrogens (primary N) is 1. The minimum absolute atomic E-state index is 0.000614. The standard InChI is InChI=1S/C14H27N3O3/c1-4-12(18)10-5-11(16-14(20)9(2)3)7-17(6-10)8-13(15)19/h9-12,18H,4-8H2,1-3H3,(H2,15,19)(H,16,20). The van der Waals surface area contributed by atoms with Crippen LogP contribution in [-0.2, 0) is 9.59 Å². The van der Waals surface area contributed by atoms with Crippen molar-refractivity contribution in [3.8, 4) is 0 Å². The fourth-order valence-corrected chi connectivity index (χ4v) is 2.67. The summed E-state index contributed by atoms with van der Waals surface area (Å²) >= 11 is 0. The lowest BCUT2D eigenvalue weighted by Gasteiger charge is -2.39. The van der Waals surface area contributed by atoms with Crippen molar-refractivity contribution in [3.05, 3.63) is 0 Å². The van der Waals surface area contributed by atoms with E-state index in [2.05, 4.69) is 5.32 Å². The van der Waals surface area contributed by atoms with Crippen LogP contribution >= 0.6 is 0 Å². The minimum Gasteiger partial charge on any atom is -0.393 e. The first-order chi connectivity index (χ1) is 9.33. The summed E-state index contributed by atoms with van der Waals surface area (Å²) in [7, 11) is 0. The number of hydrogen-bond acceptors (Lipinski definition) is 4. The van der Waals surface area contributed by atoms with E-state index in [1.54, 1.807) is 0 Å². The van der Waals surface area contributed by atoms with E-state index in [1.165, 1.54) is 0 Å². The molecule has 1 heterocycles. The van der Waals surface area contributed by atoms with E-state index in [9.17, 15) is 14.7 Å². The van der Waals surface area contributed by atoms with E-state index < -0.39 is 6.10 Å². The number of rotatable bonds is 6. The number of aliphatic hydroxyl groups excluding tert-OH is 1. The van der Waals surface area contributed by atoms with E-state index >= 15 is 0 Å². The third-order valence-corrected chi connectivity index (χ3v) is 3.77. The molecular formula is C14H27N3O3. The van der Waals surface area contributed by atoms with Crippen LogP contribution in [0.3, 0.4) is 0 Å². The number of nitrogens with zero attached hydrogens (tertiary/aromatic N) is 1.